The van der Waals surface area contributed by atoms with E-state index in [1.165, 1.54) is 6.26 Å². The van der Waals surface area contributed by atoms with Crippen molar-refractivity contribution in [1.82, 2.24) is 19.7 Å². The number of oxazole rings is 1. The molecule has 4 heterocycles. The molecule has 9 heteroatoms. The Morgan fingerprint density at radius 3 is 2.92 bits per heavy atom. The molecule has 0 amide bonds. The van der Waals surface area contributed by atoms with Gasteiger partial charge in [-0.1, -0.05) is 6.42 Å². The highest BCUT2D eigenvalue weighted by Gasteiger charge is 2.28. The Labute approximate surface area is 144 Å². The van der Waals surface area contributed by atoms with E-state index >= 15 is 0 Å². The van der Waals surface area contributed by atoms with Crippen LogP contribution in [0, 0.1) is 6.92 Å². The van der Waals surface area contributed by atoms with Gasteiger partial charge in [0.05, 0.1) is 12.0 Å². The maximum absolute atomic E-state index is 12.9. The number of hydrogen-bond acceptors (Lipinski definition) is 7. The molecular weight excluding hydrogens is 344 g/mol. The fourth-order valence-electron chi connectivity index (χ4n) is 3.00. The minimum absolute atomic E-state index is 0.0198. The third kappa shape index (κ3) is 2.99. The second kappa shape index (κ2) is 6.14. The molecule has 0 atom stereocenters. The maximum Gasteiger partial charge on any atom is 0.263 e. The second-order valence-electron chi connectivity index (χ2n) is 6.12. The standard InChI is InChI=1S/C16H18N4O4S/c1-11-12(17-15(24-11)13-6-5-9-23-13)10-25(21,22)16-19-18-14-7-3-2-4-8-20(14)16/h5-6,9H,2-4,7-8,10H2,1H3. The van der Waals surface area contributed by atoms with Crippen LogP contribution in [0.1, 0.15) is 36.5 Å². The number of nitrogens with zero attached hydrogens (tertiary/aromatic N) is 4. The van der Waals surface area contributed by atoms with Gasteiger partial charge >= 0.3 is 0 Å². The van der Waals surface area contributed by atoms with Crippen molar-refractivity contribution in [3.8, 4) is 11.7 Å². The lowest BCUT2D eigenvalue weighted by Gasteiger charge is -2.06. The van der Waals surface area contributed by atoms with Crippen molar-refractivity contribution in [1.29, 1.82) is 0 Å². The van der Waals surface area contributed by atoms with E-state index < -0.39 is 9.84 Å². The van der Waals surface area contributed by atoms with Crippen LogP contribution in [0.3, 0.4) is 0 Å². The molecule has 25 heavy (non-hydrogen) atoms. The highest BCUT2D eigenvalue weighted by Crippen LogP contribution is 2.25. The lowest BCUT2D eigenvalue weighted by atomic mass is 10.2. The highest BCUT2D eigenvalue weighted by atomic mass is 32.2. The molecule has 0 bridgehead atoms. The second-order valence-corrected chi connectivity index (χ2v) is 8.00. The monoisotopic (exact) mass is 362 g/mol. The van der Waals surface area contributed by atoms with Crippen molar-refractivity contribution in [3.63, 3.8) is 0 Å². The van der Waals surface area contributed by atoms with Gasteiger partial charge in [0.2, 0.25) is 15.0 Å². The van der Waals surface area contributed by atoms with Crippen LogP contribution in [0.25, 0.3) is 11.7 Å². The van der Waals surface area contributed by atoms with Gasteiger partial charge in [0.1, 0.15) is 17.3 Å². The van der Waals surface area contributed by atoms with Crippen molar-refractivity contribution < 1.29 is 17.3 Å². The Kier molecular flexibility index (Phi) is 3.95. The van der Waals surface area contributed by atoms with Crippen LogP contribution in [-0.4, -0.2) is 28.2 Å². The Morgan fingerprint density at radius 2 is 2.12 bits per heavy atom. The first-order valence-electron chi connectivity index (χ1n) is 8.19. The number of aromatic nitrogens is 4. The molecule has 1 aliphatic heterocycles. The average molecular weight is 362 g/mol. The molecule has 4 rings (SSSR count). The largest absolute Gasteiger partial charge is 0.459 e. The molecule has 0 unspecified atom stereocenters. The molecule has 0 N–H and O–H groups in total. The number of furan rings is 1. The minimum atomic E-state index is -3.67. The summed E-state index contributed by atoms with van der Waals surface area (Å²) in [5.74, 6) is 1.65. The topological polar surface area (TPSA) is 104 Å². The quantitative estimate of drug-likeness (QED) is 0.702. The van der Waals surface area contributed by atoms with Crippen molar-refractivity contribution >= 4 is 9.84 Å². The van der Waals surface area contributed by atoms with E-state index in [2.05, 4.69) is 15.2 Å². The van der Waals surface area contributed by atoms with Gasteiger partial charge in [-0.05, 0) is 31.9 Å². The summed E-state index contributed by atoms with van der Waals surface area (Å²) in [6.07, 6.45) is 5.27. The third-order valence-corrected chi connectivity index (χ3v) is 5.82. The first-order valence-corrected chi connectivity index (χ1v) is 9.85. The summed E-state index contributed by atoms with van der Waals surface area (Å²) in [7, 11) is -3.67. The van der Waals surface area contributed by atoms with Crippen molar-refractivity contribution in [2.24, 2.45) is 0 Å². The van der Waals surface area contributed by atoms with Crippen LogP contribution >= 0.6 is 0 Å². The predicted octanol–water partition coefficient (Wildman–Crippen LogP) is 2.53. The number of hydrogen-bond donors (Lipinski definition) is 0. The summed E-state index contributed by atoms with van der Waals surface area (Å²) in [4.78, 5) is 4.28. The van der Waals surface area contributed by atoms with Crippen LogP contribution in [0.5, 0.6) is 0 Å². The molecule has 3 aromatic rings. The van der Waals surface area contributed by atoms with E-state index in [0.717, 1.165) is 31.5 Å². The van der Waals surface area contributed by atoms with Crippen LogP contribution in [0.4, 0.5) is 0 Å². The fourth-order valence-corrected chi connectivity index (χ4v) is 4.46. The third-order valence-electron chi connectivity index (χ3n) is 4.31. The molecule has 0 saturated heterocycles. The van der Waals surface area contributed by atoms with Crippen LogP contribution in [0.15, 0.2) is 32.4 Å². The number of fused-ring (bicyclic) bond motifs is 1. The first-order chi connectivity index (χ1) is 12.0. The van der Waals surface area contributed by atoms with E-state index in [1.807, 2.05) is 0 Å². The molecule has 3 aromatic heterocycles. The summed E-state index contributed by atoms with van der Waals surface area (Å²) in [6.45, 7) is 2.32. The van der Waals surface area contributed by atoms with Crippen LogP contribution < -0.4 is 0 Å². The summed E-state index contributed by atoms with van der Waals surface area (Å²) in [5.41, 5.74) is 0.359. The zero-order valence-electron chi connectivity index (χ0n) is 13.8. The molecule has 0 radical (unpaired) electrons. The van der Waals surface area contributed by atoms with Gasteiger partial charge < -0.3 is 13.4 Å². The summed E-state index contributed by atoms with van der Waals surface area (Å²) in [5, 5.41) is 8.03. The van der Waals surface area contributed by atoms with Gasteiger partial charge in [-0.2, -0.15) is 0 Å². The van der Waals surface area contributed by atoms with Crippen molar-refractivity contribution in [3.05, 3.63) is 35.7 Å². The van der Waals surface area contributed by atoms with E-state index in [4.69, 9.17) is 8.83 Å². The summed E-state index contributed by atoms with van der Waals surface area (Å²) < 4.78 is 38.2. The van der Waals surface area contributed by atoms with Crippen molar-refractivity contribution in [2.45, 2.75) is 50.1 Å². The Bertz CT molecular complexity index is 986. The average Bonchev–Trinajstić information content (AvgIpc) is 3.27. The smallest absolute Gasteiger partial charge is 0.263 e. The molecule has 0 fully saturated rings. The van der Waals surface area contributed by atoms with Gasteiger partial charge in [-0.3, -0.25) is 0 Å². The molecule has 132 valence electrons. The SMILES string of the molecule is Cc1oc(-c2ccco2)nc1CS(=O)(=O)c1nnc2n1CCCCC2. The molecule has 0 aliphatic carbocycles. The zero-order chi connectivity index (χ0) is 17.4. The van der Waals surface area contributed by atoms with Gasteiger partial charge in [-0.25, -0.2) is 13.4 Å². The van der Waals surface area contributed by atoms with Crippen molar-refractivity contribution in [2.75, 3.05) is 0 Å². The number of aryl methyl sites for hydroxylation is 2. The molecule has 0 aromatic carbocycles. The number of rotatable bonds is 4. The summed E-state index contributed by atoms with van der Waals surface area (Å²) in [6, 6.07) is 3.43. The lowest BCUT2D eigenvalue weighted by molar-refractivity contribution is 0.500. The van der Waals surface area contributed by atoms with Crippen LogP contribution in [0.2, 0.25) is 0 Å². The van der Waals surface area contributed by atoms with E-state index in [1.54, 1.807) is 23.6 Å². The molecule has 8 nitrogen and oxygen atoms in total. The van der Waals surface area contributed by atoms with Gasteiger partial charge in [0, 0.05) is 13.0 Å². The summed E-state index contributed by atoms with van der Waals surface area (Å²) >= 11 is 0. The molecule has 0 saturated carbocycles. The lowest BCUT2D eigenvalue weighted by Crippen LogP contribution is -2.14. The zero-order valence-corrected chi connectivity index (χ0v) is 14.6. The van der Waals surface area contributed by atoms with Gasteiger partial charge in [-0.15, -0.1) is 10.2 Å². The first kappa shape index (κ1) is 16.1. The molecule has 1 aliphatic rings. The van der Waals surface area contributed by atoms with E-state index in [0.29, 0.717) is 23.8 Å². The number of sulfone groups is 1. The van der Waals surface area contributed by atoms with Gasteiger partial charge in [0.25, 0.3) is 5.89 Å². The minimum Gasteiger partial charge on any atom is -0.459 e. The Balaban J connectivity index is 1.66. The maximum atomic E-state index is 12.9. The normalized spacial score (nSPS) is 15.1. The molecule has 0 spiro atoms. The fraction of sp³-hybridized carbons (Fsp3) is 0.438. The van der Waals surface area contributed by atoms with Gasteiger partial charge in [0.15, 0.2) is 5.76 Å². The van der Waals surface area contributed by atoms with Crippen LogP contribution in [-0.2, 0) is 28.6 Å². The predicted molar refractivity (Wildman–Crippen MR) is 87.4 cm³/mol. The van der Waals surface area contributed by atoms with E-state index in [9.17, 15) is 8.42 Å². The Hall–Kier alpha value is -2.42. The highest BCUT2D eigenvalue weighted by molar-refractivity contribution is 7.90. The van der Waals surface area contributed by atoms with E-state index in [-0.39, 0.29) is 16.8 Å². The Morgan fingerprint density at radius 1 is 1.24 bits per heavy atom. The molecular formula is C16H18N4O4S.